The molecule has 134 valence electrons. The molecule has 1 fully saturated rings. The number of benzene rings is 1. The Labute approximate surface area is 156 Å². The number of nitrogens with zero attached hydrogens (tertiary/aromatic N) is 1. The van der Waals surface area contributed by atoms with Gasteiger partial charge in [-0.25, -0.2) is 0 Å². The molecule has 0 bridgehead atoms. The van der Waals surface area contributed by atoms with Crippen LogP contribution in [0, 0.1) is 13.8 Å². The van der Waals surface area contributed by atoms with E-state index in [2.05, 4.69) is 49.2 Å². The lowest BCUT2D eigenvalue weighted by Gasteiger charge is -2.40. The Hall–Kier alpha value is -1.81. The van der Waals surface area contributed by atoms with Gasteiger partial charge in [-0.3, -0.25) is 0 Å². The lowest BCUT2D eigenvalue weighted by atomic mass is 9.93. The van der Waals surface area contributed by atoms with E-state index < -0.39 is 0 Å². The summed E-state index contributed by atoms with van der Waals surface area (Å²) in [7, 11) is 0. The van der Waals surface area contributed by atoms with Gasteiger partial charge in [-0.05, 0) is 75.2 Å². The smallest absolute Gasteiger partial charge is 0.174 e. The van der Waals surface area contributed by atoms with Crippen LogP contribution in [0.5, 0.6) is 0 Å². The van der Waals surface area contributed by atoms with E-state index in [1.165, 1.54) is 43.2 Å². The van der Waals surface area contributed by atoms with E-state index in [4.69, 9.17) is 16.6 Å². The molecule has 1 aliphatic carbocycles. The minimum atomic E-state index is 0.128. The highest BCUT2D eigenvalue weighted by Crippen LogP contribution is 2.31. The van der Waals surface area contributed by atoms with E-state index in [1.807, 2.05) is 12.1 Å². The Balaban J connectivity index is 1.84. The zero-order chi connectivity index (χ0) is 17.8. The molecule has 0 saturated heterocycles. The first kappa shape index (κ1) is 18.0. The maximum atomic E-state index is 5.86. The molecule has 1 aromatic heterocycles. The maximum absolute atomic E-state index is 5.86. The third-order valence-electron chi connectivity index (χ3n) is 5.21. The zero-order valence-corrected chi connectivity index (χ0v) is 16.2. The Morgan fingerprint density at radius 1 is 1.20 bits per heavy atom. The summed E-state index contributed by atoms with van der Waals surface area (Å²) in [5, 5.41) is 4.30. The van der Waals surface area contributed by atoms with Crippen LogP contribution < -0.4 is 5.32 Å². The van der Waals surface area contributed by atoms with Crippen molar-refractivity contribution in [1.29, 1.82) is 0 Å². The summed E-state index contributed by atoms with van der Waals surface area (Å²) < 4.78 is 5.68. The van der Waals surface area contributed by atoms with Gasteiger partial charge in [0.05, 0.1) is 12.3 Å². The predicted molar refractivity (Wildman–Crippen MR) is 108 cm³/mol. The summed E-state index contributed by atoms with van der Waals surface area (Å²) >= 11 is 5.86. The maximum Gasteiger partial charge on any atom is 0.174 e. The molecular weight excluding hydrogens is 328 g/mol. The van der Waals surface area contributed by atoms with Crippen molar-refractivity contribution >= 4 is 23.0 Å². The van der Waals surface area contributed by atoms with Crippen molar-refractivity contribution in [2.75, 3.05) is 5.32 Å². The van der Waals surface area contributed by atoms with Gasteiger partial charge in [0, 0.05) is 11.7 Å². The van der Waals surface area contributed by atoms with Gasteiger partial charge < -0.3 is 14.6 Å². The van der Waals surface area contributed by atoms with Crippen LogP contribution >= 0.6 is 12.2 Å². The molecule has 1 aliphatic rings. The number of thiocarbonyl (C=S) groups is 1. The fourth-order valence-electron chi connectivity index (χ4n) is 3.73. The molecule has 1 atom stereocenters. The lowest BCUT2D eigenvalue weighted by molar-refractivity contribution is 0.186. The summed E-state index contributed by atoms with van der Waals surface area (Å²) in [5.74, 6) is 0.968. The van der Waals surface area contributed by atoms with Crippen molar-refractivity contribution in [3.8, 4) is 0 Å². The van der Waals surface area contributed by atoms with E-state index in [0.717, 1.165) is 16.6 Å². The average Bonchev–Trinajstić information content (AvgIpc) is 3.14. The highest BCUT2D eigenvalue weighted by molar-refractivity contribution is 7.80. The van der Waals surface area contributed by atoms with Crippen LogP contribution in [-0.4, -0.2) is 16.1 Å². The Bertz CT molecular complexity index is 705. The third kappa shape index (κ3) is 4.24. The largest absolute Gasteiger partial charge is 0.467 e. The van der Waals surface area contributed by atoms with Crippen LogP contribution in [0.2, 0.25) is 0 Å². The van der Waals surface area contributed by atoms with Gasteiger partial charge in [0.25, 0.3) is 0 Å². The second kappa shape index (κ2) is 8.05. The number of hydrogen-bond acceptors (Lipinski definition) is 2. The standard InChI is InChI=1S/C21H28N2OS/c1-15-11-12-16(2)19(14-15)22-21(25)23(18-8-5-4-6-9-18)17(3)20-10-7-13-24-20/h7,10-14,17-18H,4-6,8-9H2,1-3H3,(H,22,25)/t17-/m0/s1. The number of aryl methyl sites for hydroxylation is 2. The van der Waals surface area contributed by atoms with Crippen LogP contribution in [0.25, 0.3) is 0 Å². The molecule has 3 rings (SSSR count). The van der Waals surface area contributed by atoms with Crippen LogP contribution in [0.1, 0.15) is 62.0 Å². The van der Waals surface area contributed by atoms with Gasteiger partial charge in [-0.2, -0.15) is 0 Å². The summed E-state index contributed by atoms with van der Waals surface area (Å²) in [6.45, 7) is 6.41. The van der Waals surface area contributed by atoms with Crippen molar-refractivity contribution in [3.63, 3.8) is 0 Å². The van der Waals surface area contributed by atoms with Crippen molar-refractivity contribution in [2.45, 2.75) is 65.0 Å². The molecule has 1 heterocycles. The van der Waals surface area contributed by atoms with Crippen molar-refractivity contribution in [2.24, 2.45) is 0 Å². The summed E-state index contributed by atoms with van der Waals surface area (Å²) in [6.07, 6.45) is 8.01. The number of furan rings is 1. The van der Waals surface area contributed by atoms with Gasteiger partial charge in [0.2, 0.25) is 0 Å². The molecule has 0 unspecified atom stereocenters. The van der Waals surface area contributed by atoms with E-state index >= 15 is 0 Å². The van der Waals surface area contributed by atoms with Crippen molar-refractivity contribution in [1.82, 2.24) is 4.90 Å². The Morgan fingerprint density at radius 3 is 2.64 bits per heavy atom. The number of rotatable bonds is 4. The Morgan fingerprint density at radius 2 is 1.96 bits per heavy atom. The Kier molecular flexibility index (Phi) is 5.79. The quantitative estimate of drug-likeness (QED) is 0.681. The topological polar surface area (TPSA) is 28.4 Å². The number of hydrogen-bond donors (Lipinski definition) is 1. The molecule has 0 aliphatic heterocycles. The van der Waals surface area contributed by atoms with Gasteiger partial charge in [-0.1, -0.05) is 31.4 Å². The molecule has 0 radical (unpaired) electrons. The second-order valence-corrected chi connectivity index (χ2v) is 7.53. The third-order valence-corrected chi connectivity index (χ3v) is 5.52. The molecule has 3 nitrogen and oxygen atoms in total. The highest BCUT2D eigenvalue weighted by Gasteiger charge is 2.29. The fourth-order valence-corrected chi connectivity index (χ4v) is 4.15. The van der Waals surface area contributed by atoms with Crippen LogP contribution in [0.3, 0.4) is 0 Å². The predicted octanol–water partition coefficient (Wildman–Crippen LogP) is 5.99. The van der Waals surface area contributed by atoms with Gasteiger partial charge >= 0.3 is 0 Å². The first-order valence-corrected chi connectivity index (χ1v) is 9.67. The first-order chi connectivity index (χ1) is 12.1. The van der Waals surface area contributed by atoms with Crippen LogP contribution in [-0.2, 0) is 0 Å². The zero-order valence-electron chi connectivity index (χ0n) is 15.4. The van der Waals surface area contributed by atoms with E-state index in [1.54, 1.807) is 6.26 Å². The van der Waals surface area contributed by atoms with Crippen molar-refractivity contribution in [3.05, 3.63) is 53.5 Å². The fraction of sp³-hybridized carbons (Fsp3) is 0.476. The average molecular weight is 357 g/mol. The van der Waals surface area contributed by atoms with Gasteiger partial charge in [-0.15, -0.1) is 0 Å². The van der Waals surface area contributed by atoms with E-state index in [0.29, 0.717) is 6.04 Å². The van der Waals surface area contributed by atoms with Crippen LogP contribution in [0.15, 0.2) is 41.0 Å². The SMILES string of the molecule is Cc1ccc(C)c(NC(=S)N(C2CCCCC2)[C@@H](C)c2ccco2)c1. The van der Waals surface area contributed by atoms with Crippen LogP contribution in [0.4, 0.5) is 5.69 Å². The normalized spacial score (nSPS) is 16.4. The number of nitrogens with one attached hydrogen (secondary N) is 1. The molecule has 1 N–H and O–H groups in total. The highest BCUT2D eigenvalue weighted by atomic mass is 32.1. The molecule has 0 spiro atoms. The van der Waals surface area contributed by atoms with Crippen molar-refractivity contribution < 1.29 is 4.42 Å². The monoisotopic (exact) mass is 356 g/mol. The summed E-state index contributed by atoms with van der Waals surface area (Å²) in [5.41, 5.74) is 3.54. The molecular formula is C21H28N2OS. The van der Waals surface area contributed by atoms with Gasteiger partial charge in [0.1, 0.15) is 5.76 Å². The lowest BCUT2D eigenvalue weighted by Crippen LogP contribution is -2.45. The molecule has 1 aromatic carbocycles. The van der Waals surface area contributed by atoms with Gasteiger partial charge in [0.15, 0.2) is 5.11 Å². The number of anilines is 1. The molecule has 4 heteroatoms. The van der Waals surface area contributed by atoms with E-state index in [9.17, 15) is 0 Å². The molecule has 25 heavy (non-hydrogen) atoms. The molecule has 2 aromatic rings. The minimum absolute atomic E-state index is 0.128. The minimum Gasteiger partial charge on any atom is -0.467 e. The first-order valence-electron chi connectivity index (χ1n) is 9.26. The van der Waals surface area contributed by atoms with E-state index in [-0.39, 0.29) is 6.04 Å². The summed E-state index contributed by atoms with van der Waals surface area (Å²) in [6, 6.07) is 11.0. The molecule has 1 saturated carbocycles. The molecule has 0 amide bonds. The summed E-state index contributed by atoms with van der Waals surface area (Å²) in [4.78, 5) is 2.36. The second-order valence-electron chi connectivity index (χ2n) is 7.14.